The van der Waals surface area contributed by atoms with Gasteiger partial charge < -0.3 is 4.74 Å². The molecule has 1 aliphatic rings. The second-order valence-corrected chi connectivity index (χ2v) is 9.44. The summed E-state index contributed by atoms with van der Waals surface area (Å²) in [6.45, 7) is 11.8. The summed E-state index contributed by atoms with van der Waals surface area (Å²) in [7, 11) is 0. The number of halogens is 2. The first kappa shape index (κ1) is 26.2. The lowest BCUT2D eigenvalue weighted by Crippen LogP contribution is -2.37. The van der Waals surface area contributed by atoms with Gasteiger partial charge in [-0.2, -0.15) is 5.26 Å². The van der Waals surface area contributed by atoms with Gasteiger partial charge in [-0.3, -0.25) is 0 Å². The molecule has 1 aromatic carbocycles. The van der Waals surface area contributed by atoms with Crippen molar-refractivity contribution in [3.05, 3.63) is 39.9 Å². The van der Waals surface area contributed by atoms with Crippen LogP contribution in [0.3, 0.4) is 0 Å². The quantitative estimate of drug-likeness (QED) is 0.389. The highest BCUT2D eigenvalue weighted by Crippen LogP contribution is 2.38. The predicted molar refractivity (Wildman–Crippen MR) is 130 cm³/mol. The number of aryl methyl sites for hydroxylation is 1. The van der Waals surface area contributed by atoms with E-state index in [1.165, 1.54) is 38.5 Å². The number of ether oxygens (including phenoxy) is 1. The Morgan fingerprint density at radius 3 is 2.45 bits per heavy atom. The summed E-state index contributed by atoms with van der Waals surface area (Å²) in [6, 6.07) is 5.71. The molecule has 0 N–H and O–H groups in total. The van der Waals surface area contributed by atoms with Crippen molar-refractivity contribution in [2.45, 2.75) is 91.6 Å². The Labute approximate surface area is 191 Å². The summed E-state index contributed by atoms with van der Waals surface area (Å²) in [6.07, 6.45) is 12.0. The van der Waals surface area contributed by atoms with E-state index in [4.69, 9.17) is 21.6 Å². The maximum Gasteiger partial charge on any atom is 0.101 e. The molecule has 0 heterocycles. The molecule has 1 aromatic rings. The van der Waals surface area contributed by atoms with Crippen molar-refractivity contribution < 1.29 is 4.74 Å². The highest BCUT2D eigenvalue weighted by Gasteiger charge is 2.33. The highest BCUT2D eigenvalue weighted by atomic mass is 79.9. The molecule has 1 fully saturated rings. The van der Waals surface area contributed by atoms with E-state index in [-0.39, 0.29) is 5.60 Å². The van der Waals surface area contributed by atoms with Crippen molar-refractivity contribution in [3.63, 3.8) is 0 Å². The molecule has 2 nitrogen and oxygen atoms in total. The zero-order valence-corrected chi connectivity index (χ0v) is 21.1. The summed E-state index contributed by atoms with van der Waals surface area (Å²) >= 11 is 9.42. The van der Waals surface area contributed by atoms with Gasteiger partial charge in [-0.25, -0.2) is 0 Å². The Morgan fingerprint density at radius 1 is 1.28 bits per heavy atom. The van der Waals surface area contributed by atoms with Gasteiger partial charge in [0.05, 0.1) is 16.2 Å². The summed E-state index contributed by atoms with van der Waals surface area (Å²) in [5.41, 5.74) is 2.86. The highest BCUT2D eigenvalue weighted by molar-refractivity contribution is 9.15. The van der Waals surface area contributed by atoms with Crippen molar-refractivity contribution >= 4 is 32.0 Å². The maximum absolute atomic E-state index is 8.88. The normalized spacial score (nSPS) is 21.9. The van der Waals surface area contributed by atoms with Crippen molar-refractivity contribution in [2.24, 2.45) is 5.92 Å². The molecule has 0 saturated heterocycles. The van der Waals surface area contributed by atoms with Gasteiger partial charge in [0, 0.05) is 11.1 Å². The smallest absolute Gasteiger partial charge is 0.101 e. The van der Waals surface area contributed by atoms with Crippen LogP contribution in [-0.4, -0.2) is 12.2 Å². The van der Waals surface area contributed by atoms with E-state index in [1.54, 1.807) is 0 Å². The van der Waals surface area contributed by atoms with Crippen LogP contribution in [0.1, 0.15) is 95.8 Å². The number of hydrogen-bond donors (Lipinski definition) is 0. The molecule has 0 unspecified atom stereocenters. The molecule has 0 aromatic heterocycles. The average Bonchev–Trinajstić information content (AvgIpc) is 2.70. The molecular weight excluding hydrogens is 446 g/mol. The van der Waals surface area contributed by atoms with Gasteiger partial charge in [-0.15, -0.1) is 0 Å². The molecule has 0 spiro atoms. The summed E-state index contributed by atoms with van der Waals surface area (Å²) in [5, 5.41) is 9.39. The first-order chi connectivity index (χ1) is 13.8. The van der Waals surface area contributed by atoms with E-state index >= 15 is 0 Å². The Hall–Kier alpha value is -0.820. The Balaban J connectivity index is 0.000000291. The maximum atomic E-state index is 8.88. The van der Waals surface area contributed by atoms with Crippen molar-refractivity contribution in [1.82, 2.24) is 0 Å². The molecule has 162 valence electrons. The van der Waals surface area contributed by atoms with Crippen molar-refractivity contribution in [2.75, 3.05) is 6.61 Å². The molecule has 1 saturated carbocycles. The fourth-order valence-corrected chi connectivity index (χ4v) is 4.85. The van der Waals surface area contributed by atoms with Crippen LogP contribution in [-0.2, 0) is 4.74 Å². The van der Waals surface area contributed by atoms with Crippen LogP contribution < -0.4 is 0 Å². The minimum Gasteiger partial charge on any atom is -0.375 e. The molecule has 0 bridgehead atoms. The van der Waals surface area contributed by atoms with Gasteiger partial charge in [0.15, 0.2) is 0 Å². The van der Waals surface area contributed by atoms with Gasteiger partial charge in [0.1, 0.15) is 6.07 Å². The summed E-state index contributed by atoms with van der Waals surface area (Å²) in [5.74, 6) is 0.921. The van der Waals surface area contributed by atoms with Gasteiger partial charge in [0.2, 0.25) is 0 Å². The minimum absolute atomic E-state index is 0.261. The first-order valence-corrected chi connectivity index (χ1v) is 12.2. The van der Waals surface area contributed by atoms with E-state index in [9.17, 15) is 0 Å². The zero-order chi connectivity index (χ0) is 21.9. The topological polar surface area (TPSA) is 33.0 Å². The monoisotopic (exact) mass is 481 g/mol. The fraction of sp³-hybridized carbons (Fsp3) is 0.640. The van der Waals surface area contributed by atoms with Gasteiger partial charge in [0.25, 0.3) is 0 Å². The van der Waals surface area contributed by atoms with Crippen molar-refractivity contribution in [1.29, 1.82) is 5.26 Å². The van der Waals surface area contributed by atoms with Crippen LogP contribution in [0.15, 0.2) is 18.2 Å². The minimum atomic E-state index is 0.261. The van der Waals surface area contributed by atoms with E-state index in [2.05, 4.69) is 55.8 Å². The lowest BCUT2D eigenvalue weighted by molar-refractivity contribution is -0.0824. The van der Waals surface area contributed by atoms with Crippen molar-refractivity contribution in [3.8, 4) is 6.07 Å². The van der Waals surface area contributed by atoms with Crippen LogP contribution in [0, 0.1) is 24.2 Å². The molecule has 1 aliphatic carbocycles. The largest absolute Gasteiger partial charge is 0.375 e. The number of nitrogens with zero attached hydrogens (tertiary/aromatic N) is 1. The molecule has 0 aliphatic heterocycles. The summed E-state index contributed by atoms with van der Waals surface area (Å²) < 4.78 is 7.12. The molecule has 0 amide bonds. The van der Waals surface area contributed by atoms with Gasteiger partial charge >= 0.3 is 0 Å². The van der Waals surface area contributed by atoms with Crippen LogP contribution in [0.25, 0.3) is 4.48 Å². The zero-order valence-electron chi connectivity index (χ0n) is 18.8. The molecular formula is C25H37BrClNO. The Morgan fingerprint density at radius 2 is 1.93 bits per heavy atom. The molecule has 0 atom stereocenters. The van der Waals surface area contributed by atoms with Crippen LogP contribution in [0.2, 0.25) is 5.02 Å². The second-order valence-electron chi connectivity index (χ2n) is 8.18. The third-order valence-electron chi connectivity index (χ3n) is 5.58. The van der Waals surface area contributed by atoms with Gasteiger partial charge in [-0.1, -0.05) is 67.7 Å². The second kappa shape index (κ2) is 13.5. The molecule has 0 radical (unpaired) electrons. The summed E-state index contributed by atoms with van der Waals surface area (Å²) in [4.78, 5) is 0. The third-order valence-corrected chi connectivity index (χ3v) is 6.64. The number of allylic oxidation sites excluding steroid dienone is 1. The van der Waals surface area contributed by atoms with E-state index in [1.807, 2.05) is 19.1 Å². The average molecular weight is 483 g/mol. The fourth-order valence-electron chi connectivity index (χ4n) is 3.83. The van der Waals surface area contributed by atoms with Crippen LogP contribution >= 0.6 is 27.5 Å². The molecule has 2 rings (SSSR count). The van der Waals surface area contributed by atoms with E-state index < -0.39 is 0 Å². The standard InChI is InChI=1S/C13H26O.C12H11BrClN/c1-4-8-13(14-11-5-2)9-6-12(3)7-10-13;1-3-4-11(13)10-6-9(7-15)12(14)5-8(10)2/h12H,4-11H2,1-3H3;4-6H,3H2,1-2H3/b;11-4+. The lowest BCUT2D eigenvalue weighted by Gasteiger charge is -2.39. The number of nitriles is 1. The Kier molecular flexibility index (Phi) is 12.2. The molecule has 29 heavy (non-hydrogen) atoms. The van der Waals surface area contributed by atoms with Gasteiger partial charge in [-0.05, 0) is 81.0 Å². The third kappa shape index (κ3) is 8.44. The molecule has 4 heteroatoms. The van der Waals surface area contributed by atoms with Crippen LogP contribution in [0.5, 0.6) is 0 Å². The number of benzene rings is 1. The van der Waals surface area contributed by atoms with E-state index in [0.717, 1.165) is 41.0 Å². The lowest BCUT2D eigenvalue weighted by atomic mass is 9.77. The number of hydrogen-bond acceptors (Lipinski definition) is 2. The van der Waals surface area contributed by atoms with Crippen LogP contribution in [0.4, 0.5) is 0 Å². The Bertz CT molecular complexity index is 694. The number of rotatable bonds is 7. The SMILES string of the molecule is CC/C=C(/Br)c1cc(C#N)c(Cl)cc1C.CCCOC1(CCC)CCC(C)CC1. The predicted octanol–water partition coefficient (Wildman–Crippen LogP) is 8.83. The van der Waals surface area contributed by atoms with E-state index in [0.29, 0.717) is 10.6 Å². The first-order valence-electron chi connectivity index (χ1n) is 11.0.